The minimum absolute atomic E-state index is 0.225. The van der Waals surface area contributed by atoms with Gasteiger partial charge in [-0.3, -0.25) is 14.7 Å². The third-order valence-corrected chi connectivity index (χ3v) is 18.0. The van der Waals surface area contributed by atoms with E-state index in [4.69, 9.17) is 4.74 Å². The fraction of sp³-hybridized carbons (Fsp3) is 0.563. The van der Waals surface area contributed by atoms with Gasteiger partial charge in [0.2, 0.25) is 0 Å². The van der Waals surface area contributed by atoms with Crippen LogP contribution in [0.2, 0.25) is 0 Å². The Hall–Kier alpha value is -5.26. The van der Waals surface area contributed by atoms with Crippen molar-refractivity contribution in [3.8, 4) is 0 Å². The molecule has 2 N–H and O–H groups in total. The molecule has 95 heavy (non-hydrogen) atoms. The molecule has 0 atom stereocenters. The summed E-state index contributed by atoms with van der Waals surface area (Å²) in [6.07, 6.45) is 3.69. The number of likely N-dealkylation sites (tertiary alicyclic amines) is 1. The second-order valence-corrected chi connectivity index (χ2v) is 33.4. The van der Waals surface area contributed by atoms with Crippen molar-refractivity contribution in [1.82, 2.24) is 35.1 Å². The molecule has 3 aliphatic heterocycles. The highest BCUT2D eigenvalue weighted by Crippen LogP contribution is 2.30. The quantitative estimate of drug-likeness (QED) is 0.105. The number of hydrogen-bond acceptors (Lipinski definition) is 8. The third-order valence-electron chi connectivity index (χ3n) is 18.0. The Morgan fingerprint density at radius 1 is 0.432 bits per heavy atom. The van der Waals surface area contributed by atoms with Gasteiger partial charge < -0.3 is 25.2 Å². The van der Waals surface area contributed by atoms with Crippen LogP contribution in [0, 0.1) is 0 Å². The summed E-state index contributed by atoms with van der Waals surface area (Å²) in [5, 5.41) is 6.36. The predicted molar refractivity (Wildman–Crippen MR) is 416 cm³/mol. The summed E-state index contributed by atoms with van der Waals surface area (Å²) < 4.78 is 5.39. The maximum Gasteiger partial charge on any atom is 0.0594 e. The van der Waals surface area contributed by atoms with Crippen molar-refractivity contribution in [2.75, 3.05) is 100 Å². The number of rotatable bonds is 14. The summed E-state index contributed by atoms with van der Waals surface area (Å²) in [6.45, 7) is 65.3. The van der Waals surface area contributed by atoms with E-state index in [-0.39, 0.29) is 32.5 Å². The van der Waals surface area contributed by atoms with Crippen LogP contribution in [0.4, 0.5) is 0 Å². The zero-order valence-electron chi connectivity index (χ0n) is 64.8. The van der Waals surface area contributed by atoms with Crippen molar-refractivity contribution >= 4 is 0 Å². The summed E-state index contributed by atoms with van der Waals surface area (Å²) in [7, 11) is 8.35. The third kappa shape index (κ3) is 31.4. The van der Waals surface area contributed by atoms with Gasteiger partial charge in [-0.25, -0.2) is 0 Å². The van der Waals surface area contributed by atoms with Gasteiger partial charge in [-0.1, -0.05) is 289 Å². The number of nitrogens with one attached hydrogen (secondary N) is 2. The Morgan fingerprint density at radius 3 is 1.36 bits per heavy atom. The summed E-state index contributed by atoms with van der Waals surface area (Å²) in [5.74, 6) is 0. The molecular formula is C87H137N7O. The van der Waals surface area contributed by atoms with Gasteiger partial charge in [-0.2, -0.15) is 0 Å². The zero-order chi connectivity index (χ0) is 70.6. The van der Waals surface area contributed by atoms with E-state index in [1.807, 2.05) is 14.1 Å². The van der Waals surface area contributed by atoms with Crippen LogP contribution in [0.15, 0.2) is 158 Å². The molecule has 3 fully saturated rings. The van der Waals surface area contributed by atoms with Crippen molar-refractivity contribution in [1.29, 1.82) is 0 Å². The van der Waals surface area contributed by atoms with E-state index in [1.54, 1.807) is 0 Å². The lowest BCUT2D eigenvalue weighted by molar-refractivity contribution is 0.0340. The molecular weight excluding hydrogens is 1160 g/mol. The average molecular weight is 1300 g/mol. The van der Waals surface area contributed by atoms with Gasteiger partial charge in [0.25, 0.3) is 0 Å². The number of benzene rings is 6. The Balaban J connectivity index is 0.000000244. The van der Waals surface area contributed by atoms with E-state index in [0.717, 1.165) is 72.1 Å². The number of hydrogen-bond donors (Lipinski definition) is 2. The minimum Gasteiger partial charge on any atom is -0.379 e. The number of ether oxygens (including phenoxy) is 1. The normalized spacial score (nSPS) is 15.6. The first-order valence-electron chi connectivity index (χ1n) is 36.1. The smallest absolute Gasteiger partial charge is 0.0594 e. The van der Waals surface area contributed by atoms with Gasteiger partial charge in [0, 0.05) is 85.1 Å². The predicted octanol–water partition coefficient (Wildman–Crippen LogP) is 18.9. The van der Waals surface area contributed by atoms with Crippen molar-refractivity contribution in [3.63, 3.8) is 0 Å². The Kier molecular flexibility index (Phi) is 34.0. The molecule has 0 spiro atoms. The number of morpholine rings is 1. The maximum absolute atomic E-state index is 5.39. The van der Waals surface area contributed by atoms with Crippen LogP contribution in [-0.4, -0.2) is 125 Å². The van der Waals surface area contributed by atoms with E-state index in [0.29, 0.717) is 0 Å². The summed E-state index contributed by atoms with van der Waals surface area (Å²) in [5.41, 5.74) is 19.9. The van der Waals surface area contributed by atoms with Crippen molar-refractivity contribution in [2.24, 2.45) is 0 Å². The Bertz CT molecular complexity index is 3100. The Labute approximate surface area is 584 Å². The number of likely N-dealkylation sites (N-methyl/N-ethyl adjacent to an activating group) is 1. The van der Waals surface area contributed by atoms with Crippen LogP contribution in [0.5, 0.6) is 0 Å². The van der Waals surface area contributed by atoms with Gasteiger partial charge in [0.05, 0.1) is 13.2 Å². The highest BCUT2D eigenvalue weighted by molar-refractivity contribution is 5.35. The van der Waals surface area contributed by atoms with E-state index in [1.165, 1.54) is 131 Å². The lowest BCUT2D eigenvalue weighted by Gasteiger charge is -2.32. The zero-order valence-corrected chi connectivity index (χ0v) is 64.8. The monoisotopic (exact) mass is 1300 g/mol. The van der Waals surface area contributed by atoms with Crippen LogP contribution in [0.3, 0.4) is 0 Å². The summed E-state index contributed by atoms with van der Waals surface area (Å²) in [6, 6.07) is 53.3. The SMILES string of the molecule is C=C1CCCN(Cc2cccc(C(C)(C)C)c2)C1.CC(C)(C)c1ccccc1CN1CCOCC1.CCCN(C)Cc1cccc(C(C)(C)C)c1.CN1CCN(Cc2ccc(C(C)(C)C)cc2)CC1.CNCc1cccc(C(C)(C)C)c1.CNCc1ccccc1C(C)(C)C. The van der Waals surface area contributed by atoms with Crippen LogP contribution < -0.4 is 10.6 Å². The van der Waals surface area contributed by atoms with E-state index < -0.39 is 0 Å². The number of piperidine rings is 1. The molecule has 3 heterocycles. The molecule has 6 aromatic rings. The van der Waals surface area contributed by atoms with E-state index >= 15 is 0 Å². The van der Waals surface area contributed by atoms with Crippen LogP contribution in [0.1, 0.15) is 218 Å². The second-order valence-electron chi connectivity index (χ2n) is 33.4. The standard InChI is InChI=1S/C17H25N.C16H26N2.C15H23NO.C15H25N.2C12H19N/c1-14-7-6-10-18(12-14)13-15-8-5-9-16(11-15)17(2,3)4;1-16(2,3)15-7-5-14(6-8-15)13-18-11-9-17(4)10-12-18;1-15(2,3)14-7-5-4-6-13(14)12-16-8-10-17-11-9-16;1-6-10-16(5)12-13-8-7-9-14(11-13)15(2,3)4;1-12(2,3)11-7-5-6-10(8-11)9-13-4;1-12(2,3)11-8-6-5-7-10(11)9-13-4/h5,8-9,11H,1,6-7,10,12-13H2,2-4H3;5-8H,9-13H2,1-4H3;4-7H,8-12H2,1-3H3;7-9,11H,6,10,12H2,1-5H3;2*5-8,13H,9H2,1-4H3. The first-order valence-corrected chi connectivity index (χ1v) is 36.1. The maximum atomic E-state index is 5.39. The molecule has 3 aliphatic rings. The average Bonchev–Trinajstić information content (AvgIpc) is 0.879. The molecule has 526 valence electrons. The fourth-order valence-electron chi connectivity index (χ4n) is 12.2. The largest absolute Gasteiger partial charge is 0.379 e. The summed E-state index contributed by atoms with van der Waals surface area (Å²) >= 11 is 0. The van der Waals surface area contributed by atoms with Crippen LogP contribution in [0.25, 0.3) is 0 Å². The van der Waals surface area contributed by atoms with Gasteiger partial charge >= 0.3 is 0 Å². The lowest BCUT2D eigenvalue weighted by Crippen LogP contribution is -2.43. The van der Waals surface area contributed by atoms with E-state index in [2.05, 4.69) is 333 Å². The molecule has 0 amide bonds. The minimum atomic E-state index is 0.225. The molecule has 6 aromatic carbocycles. The number of nitrogens with zero attached hydrogens (tertiary/aromatic N) is 5. The highest BCUT2D eigenvalue weighted by atomic mass is 16.5. The molecule has 0 bridgehead atoms. The molecule has 0 radical (unpaired) electrons. The fourth-order valence-corrected chi connectivity index (χ4v) is 12.2. The van der Waals surface area contributed by atoms with Gasteiger partial charge in [-0.15, -0.1) is 0 Å². The molecule has 0 aliphatic carbocycles. The molecule has 8 heteroatoms. The van der Waals surface area contributed by atoms with Crippen molar-refractivity contribution < 1.29 is 4.74 Å². The van der Waals surface area contributed by atoms with Gasteiger partial charge in [-0.05, 0) is 160 Å². The molecule has 0 saturated carbocycles. The van der Waals surface area contributed by atoms with E-state index in [9.17, 15) is 0 Å². The summed E-state index contributed by atoms with van der Waals surface area (Å²) in [4.78, 5) is 12.3. The van der Waals surface area contributed by atoms with Crippen molar-refractivity contribution in [2.45, 2.75) is 223 Å². The van der Waals surface area contributed by atoms with Gasteiger partial charge in [0.15, 0.2) is 0 Å². The lowest BCUT2D eigenvalue weighted by atomic mass is 9.83. The molecule has 3 saturated heterocycles. The van der Waals surface area contributed by atoms with Gasteiger partial charge in [0.1, 0.15) is 0 Å². The van der Waals surface area contributed by atoms with Crippen molar-refractivity contribution in [3.05, 3.63) is 225 Å². The number of piperazine rings is 1. The topological polar surface area (TPSA) is 49.5 Å². The van der Waals surface area contributed by atoms with Crippen LogP contribution >= 0.6 is 0 Å². The first kappa shape index (κ1) is 82.2. The molecule has 0 aromatic heterocycles. The molecule has 8 nitrogen and oxygen atoms in total. The Morgan fingerprint density at radius 2 is 0.874 bits per heavy atom. The highest BCUT2D eigenvalue weighted by Gasteiger charge is 2.22. The van der Waals surface area contributed by atoms with Crippen LogP contribution in [-0.2, 0) is 76.5 Å². The first-order chi connectivity index (χ1) is 44.5. The molecule has 9 rings (SSSR count). The molecule has 0 unspecified atom stereocenters. The second kappa shape index (κ2) is 39.4.